The van der Waals surface area contributed by atoms with E-state index in [0.29, 0.717) is 21.7 Å². The molecule has 0 bridgehead atoms. The summed E-state index contributed by atoms with van der Waals surface area (Å²) in [5.74, 6) is 1.20. The fraction of sp³-hybridized carbons (Fsp3) is 0.308. The van der Waals surface area contributed by atoms with Gasteiger partial charge < -0.3 is 16.2 Å². The molecule has 0 amide bonds. The van der Waals surface area contributed by atoms with Gasteiger partial charge in [-0.25, -0.2) is 4.98 Å². The van der Waals surface area contributed by atoms with E-state index in [1.54, 1.807) is 7.11 Å². The Kier molecular flexibility index (Phi) is 3.43. The van der Waals surface area contributed by atoms with Gasteiger partial charge in [0.05, 0.1) is 7.11 Å². The number of ether oxygens (including phenoxy) is 1. The lowest BCUT2D eigenvalue weighted by atomic mass is 9.99. The third-order valence-electron chi connectivity index (χ3n) is 2.82. The van der Waals surface area contributed by atoms with Crippen LogP contribution >= 0.6 is 11.3 Å². The lowest BCUT2D eigenvalue weighted by Gasteiger charge is -2.11. The molecule has 4 N–H and O–H groups in total. The Morgan fingerprint density at radius 1 is 1.28 bits per heavy atom. The Bertz CT molecular complexity index is 563. The highest BCUT2D eigenvalue weighted by Crippen LogP contribution is 2.38. The van der Waals surface area contributed by atoms with Gasteiger partial charge in [-0.3, -0.25) is 0 Å². The quantitative estimate of drug-likeness (QED) is 0.892. The number of benzene rings is 1. The summed E-state index contributed by atoms with van der Waals surface area (Å²) in [5, 5.41) is 1.09. The standard InChI is InChI=1S/C13H17N3OS/c1-7(2)8-4-5-10(17-3)9(6-8)11-12(14)18-13(15)16-11/h4-7H,14H2,1-3H3,(H2,15,16). The van der Waals surface area contributed by atoms with E-state index in [2.05, 4.69) is 31.0 Å². The van der Waals surface area contributed by atoms with Crippen molar-refractivity contribution in [3.63, 3.8) is 0 Å². The third kappa shape index (κ3) is 2.26. The molecule has 1 aromatic heterocycles. The molecular formula is C13H17N3OS. The predicted molar refractivity (Wildman–Crippen MR) is 77.0 cm³/mol. The van der Waals surface area contributed by atoms with Crippen molar-refractivity contribution in [3.05, 3.63) is 23.8 Å². The summed E-state index contributed by atoms with van der Waals surface area (Å²) in [6.45, 7) is 4.29. The Hall–Kier alpha value is -1.75. The summed E-state index contributed by atoms with van der Waals surface area (Å²) in [5.41, 5.74) is 14.5. The average molecular weight is 263 g/mol. The van der Waals surface area contributed by atoms with Crippen molar-refractivity contribution >= 4 is 21.5 Å². The van der Waals surface area contributed by atoms with Gasteiger partial charge in [0, 0.05) is 5.56 Å². The first-order valence-electron chi connectivity index (χ1n) is 5.73. The molecule has 4 nitrogen and oxygen atoms in total. The molecule has 0 saturated heterocycles. The molecule has 0 radical (unpaired) electrons. The fourth-order valence-electron chi connectivity index (χ4n) is 1.81. The Morgan fingerprint density at radius 3 is 2.50 bits per heavy atom. The maximum atomic E-state index is 5.94. The number of nitrogens with two attached hydrogens (primary N) is 2. The van der Waals surface area contributed by atoms with Crippen LogP contribution in [0.15, 0.2) is 18.2 Å². The second-order valence-electron chi connectivity index (χ2n) is 4.38. The second kappa shape index (κ2) is 4.86. The molecule has 0 fully saturated rings. The molecule has 18 heavy (non-hydrogen) atoms. The minimum atomic E-state index is 0.437. The second-order valence-corrected chi connectivity index (χ2v) is 5.44. The maximum Gasteiger partial charge on any atom is 0.182 e. The van der Waals surface area contributed by atoms with Crippen LogP contribution in [0.25, 0.3) is 11.3 Å². The van der Waals surface area contributed by atoms with Crippen molar-refractivity contribution in [2.45, 2.75) is 19.8 Å². The van der Waals surface area contributed by atoms with E-state index in [1.165, 1.54) is 16.9 Å². The van der Waals surface area contributed by atoms with Crippen molar-refractivity contribution in [3.8, 4) is 17.0 Å². The third-order valence-corrected chi connectivity index (χ3v) is 3.53. The molecule has 0 aliphatic carbocycles. The van der Waals surface area contributed by atoms with Gasteiger partial charge in [0.1, 0.15) is 16.4 Å². The van der Waals surface area contributed by atoms with Crippen LogP contribution < -0.4 is 16.2 Å². The number of anilines is 2. The fourth-order valence-corrected chi connectivity index (χ4v) is 2.43. The summed E-state index contributed by atoms with van der Waals surface area (Å²) in [6.07, 6.45) is 0. The lowest BCUT2D eigenvalue weighted by Crippen LogP contribution is -1.95. The van der Waals surface area contributed by atoms with Crippen molar-refractivity contribution in [2.24, 2.45) is 0 Å². The van der Waals surface area contributed by atoms with Gasteiger partial charge in [0.2, 0.25) is 0 Å². The highest BCUT2D eigenvalue weighted by molar-refractivity contribution is 7.19. The number of thiazole rings is 1. The number of methoxy groups -OCH3 is 1. The number of hydrogen-bond donors (Lipinski definition) is 2. The van der Waals surface area contributed by atoms with Gasteiger partial charge in [-0.15, -0.1) is 0 Å². The Balaban J connectivity index is 2.60. The Morgan fingerprint density at radius 2 is 2.00 bits per heavy atom. The summed E-state index contributed by atoms with van der Waals surface area (Å²) < 4.78 is 5.37. The molecule has 5 heteroatoms. The largest absolute Gasteiger partial charge is 0.496 e. The van der Waals surface area contributed by atoms with Gasteiger partial charge in [0.15, 0.2) is 5.13 Å². The number of hydrogen-bond acceptors (Lipinski definition) is 5. The van der Waals surface area contributed by atoms with E-state index in [9.17, 15) is 0 Å². The molecule has 0 aliphatic rings. The van der Waals surface area contributed by atoms with Crippen LogP contribution in [0.2, 0.25) is 0 Å². The zero-order chi connectivity index (χ0) is 13.3. The SMILES string of the molecule is COc1ccc(C(C)C)cc1-c1nc(N)sc1N. The van der Waals surface area contributed by atoms with E-state index in [4.69, 9.17) is 16.2 Å². The molecule has 96 valence electrons. The van der Waals surface area contributed by atoms with Crippen LogP contribution in [0.5, 0.6) is 5.75 Å². The number of rotatable bonds is 3. The maximum absolute atomic E-state index is 5.94. The van der Waals surface area contributed by atoms with E-state index in [-0.39, 0.29) is 0 Å². The molecule has 2 rings (SSSR count). The molecular weight excluding hydrogens is 246 g/mol. The molecule has 0 atom stereocenters. The van der Waals surface area contributed by atoms with Crippen LogP contribution in [0.4, 0.5) is 10.1 Å². The minimum Gasteiger partial charge on any atom is -0.496 e. The smallest absolute Gasteiger partial charge is 0.182 e. The molecule has 1 heterocycles. The van der Waals surface area contributed by atoms with Gasteiger partial charge in [-0.2, -0.15) is 0 Å². The van der Waals surface area contributed by atoms with E-state index in [1.807, 2.05) is 6.07 Å². The topological polar surface area (TPSA) is 74.2 Å². The molecule has 0 spiro atoms. The van der Waals surface area contributed by atoms with Crippen molar-refractivity contribution in [1.82, 2.24) is 4.98 Å². The molecule has 2 aromatic rings. The Labute approximate surface area is 111 Å². The molecule has 0 aliphatic heterocycles. The normalized spacial score (nSPS) is 10.9. The first-order chi connectivity index (χ1) is 8.52. The first-order valence-corrected chi connectivity index (χ1v) is 6.54. The molecule has 0 unspecified atom stereocenters. The summed E-state index contributed by atoms with van der Waals surface area (Å²) in [4.78, 5) is 4.28. The van der Waals surface area contributed by atoms with Gasteiger partial charge >= 0.3 is 0 Å². The zero-order valence-electron chi connectivity index (χ0n) is 10.7. The van der Waals surface area contributed by atoms with Crippen LogP contribution in [0.1, 0.15) is 25.3 Å². The average Bonchev–Trinajstić information content (AvgIpc) is 2.67. The zero-order valence-corrected chi connectivity index (χ0v) is 11.5. The number of nitrogen functional groups attached to an aromatic ring is 2. The first kappa shape index (κ1) is 12.7. The van der Waals surface area contributed by atoms with Crippen molar-refractivity contribution in [1.29, 1.82) is 0 Å². The van der Waals surface area contributed by atoms with Crippen LogP contribution in [0.3, 0.4) is 0 Å². The van der Waals surface area contributed by atoms with Gasteiger partial charge in [-0.1, -0.05) is 31.3 Å². The number of nitrogens with zero attached hydrogens (tertiary/aromatic N) is 1. The number of aromatic nitrogens is 1. The predicted octanol–water partition coefficient (Wildman–Crippen LogP) is 3.11. The van der Waals surface area contributed by atoms with E-state index < -0.39 is 0 Å². The van der Waals surface area contributed by atoms with Crippen LogP contribution in [-0.4, -0.2) is 12.1 Å². The van der Waals surface area contributed by atoms with Crippen molar-refractivity contribution in [2.75, 3.05) is 18.6 Å². The summed E-state index contributed by atoms with van der Waals surface area (Å²) >= 11 is 1.29. The van der Waals surface area contributed by atoms with Gasteiger partial charge in [0.25, 0.3) is 0 Å². The lowest BCUT2D eigenvalue weighted by molar-refractivity contribution is 0.416. The van der Waals surface area contributed by atoms with Gasteiger partial charge in [-0.05, 0) is 23.6 Å². The minimum absolute atomic E-state index is 0.437. The summed E-state index contributed by atoms with van der Waals surface area (Å²) in [6, 6.07) is 6.06. The van der Waals surface area contributed by atoms with Crippen LogP contribution in [-0.2, 0) is 0 Å². The summed E-state index contributed by atoms with van der Waals surface area (Å²) in [7, 11) is 1.64. The molecule has 1 aromatic carbocycles. The van der Waals surface area contributed by atoms with E-state index >= 15 is 0 Å². The molecule has 0 saturated carbocycles. The van der Waals surface area contributed by atoms with E-state index in [0.717, 1.165) is 11.3 Å². The highest BCUT2D eigenvalue weighted by atomic mass is 32.1. The highest BCUT2D eigenvalue weighted by Gasteiger charge is 2.15. The van der Waals surface area contributed by atoms with Crippen LogP contribution in [0, 0.1) is 0 Å². The monoisotopic (exact) mass is 263 g/mol. The van der Waals surface area contributed by atoms with Crippen molar-refractivity contribution < 1.29 is 4.74 Å².